The van der Waals surface area contributed by atoms with Crippen molar-refractivity contribution in [3.05, 3.63) is 89.4 Å². The third-order valence-electron chi connectivity index (χ3n) is 7.30. The fraction of sp³-hybridized carbons (Fsp3) is 0.419. The number of carbonyl (C=O) groups is 1. The summed E-state index contributed by atoms with van der Waals surface area (Å²) in [6.07, 6.45) is -5.07. The Balaban J connectivity index is 1.41. The number of nitrogens with one attached hydrogen (secondary N) is 1. The van der Waals surface area contributed by atoms with Gasteiger partial charge in [-0.15, -0.1) is 13.2 Å². The maximum atomic E-state index is 13.9. The number of rotatable bonds is 10. The highest BCUT2D eigenvalue weighted by atomic mass is 19.4. The molecule has 1 amide bonds. The maximum absolute atomic E-state index is 13.9. The van der Waals surface area contributed by atoms with Crippen molar-refractivity contribution in [3.8, 4) is 11.8 Å². The number of amides is 1. The minimum Gasteiger partial charge on any atom is -0.467 e. The van der Waals surface area contributed by atoms with Gasteiger partial charge in [-0.3, -0.25) is 4.79 Å². The molecule has 4 atom stereocenters. The Kier molecular flexibility index (Phi) is 8.80. The first-order valence-corrected chi connectivity index (χ1v) is 13.7. The van der Waals surface area contributed by atoms with Gasteiger partial charge in [0.05, 0.1) is 49.9 Å². The number of benzene rings is 2. The molecule has 0 radical (unpaired) electrons. The van der Waals surface area contributed by atoms with Gasteiger partial charge in [0, 0.05) is 12.8 Å². The summed E-state index contributed by atoms with van der Waals surface area (Å²) in [5.41, 5.74) is -0.0175. The average Bonchev–Trinajstić information content (AvgIpc) is 3.59. The Labute approximate surface area is 246 Å². The van der Waals surface area contributed by atoms with Crippen molar-refractivity contribution in [3.63, 3.8) is 0 Å². The summed E-state index contributed by atoms with van der Waals surface area (Å²) in [5.74, 6) is -1.24. The molecule has 1 aromatic heterocycles. The Bertz CT molecular complexity index is 1450. The molecule has 1 saturated heterocycles. The first-order valence-electron chi connectivity index (χ1n) is 13.7. The van der Waals surface area contributed by atoms with E-state index >= 15 is 0 Å². The monoisotopic (exact) mass is 600 g/mol. The summed E-state index contributed by atoms with van der Waals surface area (Å²) in [7, 11) is 0. The second-order valence-electron chi connectivity index (χ2n) is 10.9. The normalized spacial score (nSPS) is 24.6. The number of nitriles is 1. The molecule has 1 aliphatic carbocycles. The Morgan fingerprint density at radius 3 is 2.63 bits per heavy atom. The Morgan fingerprint density at radius 2 is 1.88 bits per heavy atom. The van der Waals surface area contributed by atoms with Gasteiger partial charge >= 0.3 is 6.36 Å². The number of halogens is 3. The van der Waals surface area contributed by atoms with Crippen molar-refractivity contribution in [1.29, 1.82) is 5.26 Å². The summed E-state index contributed by atoms with van der Waals surface area (Å²) < 4.78 is 72.7. The molecule has 1 saturated carbocycles. The molecule has 2 aromatic carbocycles. The molecule has 228 valence electrons. The van der Waals surface area contributed by atoms with E-state index in [2.05, 4.69) is 16.1 Å². The number of furan rings is 1. The van der Waals surface area contributed by atoms with Crippen LogP contribution in [0.2, 0.25) is 0 Å². The summed E-state index contributed by atoms with van der Waals surface area (Å²) in [4.78, 5) is 13.9. The van der Waals surface area contributed by atoms with Gasteiger partial charge in [-0.25, -0.2) is 0 Å². The first-order chi connectivity index (χ1) is 20.5. The zero-order valence-electron chi connectivity index (χ0n) is 23.6. The van der Waals surface area contributed by atoms with Crippen LogP contribution in [0.1, 0.15) is 49.1 Å². The quantitative estimate of drug-likeness (QED) is 0.324. The number of hydrogen-bond acceptors (Lipinski definition) is 8. The summed E-state index contributed by atoms with van der Waals surface area (Å²) in [5, 5.41) is 12.5. The van der Waals surface area contributed by atoms with E-state index in [-0.39, 0.29) is 38.3 Å². The predicted octanol–water partition coefficient (Wildman–Crippen LogP) is 5.52. The van der Waals surface area contributed by atoms with E-state index in [0.29, 0.717) is 22.5 Å². The molecule has 2 heterocycles. The molecule has 1 aliphatic heterocycles. The number of fused-ring (bicyclic) bond motifs is 1. The second-order valence-corrected chi connectivity index (χ2v) is 10.9. The number of ether oxygens (including phenoxy) is 5. The van der Waals surface area contributed by atoms with Crippen LogP contribution in [0.4, 0.5) is 13.2 Å². The van der Waals surface area contributed by atoms with Crippen molar-refractivity contribution in [2.24, 2.45) is 0 Å². The zero-order chi connectivity index (χ0) is 30.7. The van der Waals surface area contributed by atoms with Crippen molar-refractivity contribution in [2.75, 3.05) is 0 Å². The molecule has 2 aliphatic rings. The van der Waals surface area contributed by atoms with Crippen LogP contribution in [0, 0.1) is 11.3 Å². The summed E-state index contributed by atoms with van der Waals surface area (Å²) in [6.45, 7) is 3.49. The lowest BCUT2D eigenvalue weighted by Gasteiger charge is -2.43. The molecule has 0 spiro atoms. The van der Waals surface area contributed by atoms with Crippen LogP contribution >= 0.6 is 0 Å². The van der Waals surface area contributed by atoms with Crippen LogP contribution in [-0.4, -0.2) is 42.0 Å². The second kappa shape index (κ2) is 12.4. The van der Waals surface area contributed by atoms with E-state index in [9.17, 15) is 23.2 Å². The predicted molar refractivity (Wildman–Crippen MR) is 144 cm³/mol. The Hall–Kier alpha value is -3.89. The van der Waals surface area contributed by atoms with Crippen molar-refractivity contribution in [1.82, 2.24) is 5.32 Å². The lowest BCUT2D eigenvalue weighted by molar-refractivity contribution is -0.274. The highest BCUT2D eigenvalue weighted by Crippen LogP contribution is 2.44. The maximum Gasteiger partial charge on any atom is 0.573 e. The van der Waals surface area contributed by atoms with E-state index in [4.69, 9.17) is 23.4 Å². The molecule has 5 rings (SSSR count). The minimum atomic E-state index is -4.83. The van der Waals surface area contributed by atoms with Crippen molar-refractivity contribution >= 4 is 5.91 Å². The number of nitrogens with zero attached hydrogens (tertiary/aromatic N) is 1. The molecule has 3 aromatic rings. The van der Waals surface area contributed by atoms with Crippen LogP contribution < -0.4 is 10.1 Å². The molecule has 0 bridgehead atoms. The SMILES string of the molecule is CC1(C)O[C@@H]2C[C@@](OCc3ccccc3C#N)(C(=O)NCc3ccco3)CC(OCc3cccc(OC(F)(F)F)c3)[C@@H]2O1. The van der Waals surface area contributed by atoms with E-state index in [1.54, 1.807) is 56.3 Å². The molecule has 43 heavy (non-hydrogen) atoms. The zero-order valence-corrected chi connectivity index (χ0v) is 23.6. The third kappa shape index (κ3) is 7.55. The summed E-state index contributed by atoms with van der Waals surface area (Å²) >= 11 is 0. The van der Waals surface area contributed by atoms with Crippen LogP contribution in [0.5, 0.6) is 5.75 Å². The molecular formula is C31H31F3N2O7. The third-order valence-corrected chi connectivity index (χ3v) is 7.30. The van der Waals surface area contributed by atoms with Gasteiger partial charge < -0.3 is 33.4 Å². The number of hydrogen-bond donors (Lipinski definition) is 1. The van der Waals surface area contributed by atoms with Crippen molar-refractivity contribution < 1.29 is 46.1 Å². The molecule has 1 unspecified atom stereocenters. The molecular weight excluding hydrogens is 569 g/mol. The number of alkyl halides is 3. The van der Waals surface area contributed by atoms with Gasteiger partial charge in [0.2, 0.25) is 0 Å². The minimum absolute atomic E-state index is 0.0386. The number of carbonyl (C=O) groups excluding carboxylic acids is 1. The lowest BCUT2D eigenvalue weighted by atomic mass is 9.78. The lowest BCUT2D eigenvalue weighted by Crippen LogP contribution is -2.59. The average molecular weight is 601 g/mol. The smallest absolute Gasteiger partial charge is 0.467 e. The van der Waals surface area contributed by atoms with E-state index in [0.717, 1.165) is 0 Å². The molecule has 2 fully saturated rings. The fourth-order valence-corrected chi connectivity index (χ4v) is 5.46. The van der Waals surface area contributed by atoms with Gasteiger partial charge in [-0.1, -0.05) is 30.3 Å². The van der Waals surface area contributed by atoms with E-state index in [1.807, 2.05) is 0 Å². The highest BCUT2D eigenvalue weighted by Gasteiger charge is 2.58. The molecule has 1 N–H and O–H groups in total. The Morgan fingerprint density at radius 1 is 1.07 bits per heavy atom. The van der Waals surface area contributed by atoms with Crippen molar-refractivity contribution in [2.45, 2.75) is 82.5 Å². The van der Waals surface area contributed by atoms with Gasteiger partial charge in [0.25, 0.3) is 5.91 Å². The van der Waals surface area contributed by atoms with Gasteiger partial charge in [-0.2, -0.15) is 5.26 Å². The first kappa shape index (κ1) is 30.6. The van der Waals surface area contributed by atoms with Gasteiger partial charge in [0.15, 0.2) is 11.4 Å². The largest absolute Gasteiger partial charge is 0.573 e. The van der Waals surface area contributed by atoms with E-state index in [1.165, 1.54) is 24.5 Å². The van der Waals surface area contributed by atoms with Crippen LogP contribution in [0.25, 0.3) is 0 Å². The van der Waals surface area contributed by atoms with Crippen LogP contribution in [-0.2, 0) is 43.5 Å². The fourth-order valence-electron chi connectivity index (χ4n) is 5.46. The standard InChI is InChI=1S/C31H31F3N2O7/c1-29(2)42-26-15-30(28(37)36-17-24-11-6-12-38-24,40-19-22-9-4-3-8-21(22)16-35)14-25(27(26)43-29)39-18-20-7-5-10-23(13-20)41-31(32,33)34/h3-13,25-27H,14-15,17-19H2,1-2H3,(H,36,37)/t25?,26-,27+,30-/m1/s1. The van der Waals surface area contributed by atoms with Crippen LogP contribution in [0.3, 0.4) is 0 Å². The topological polar surface area (TPSA) is 112 Å². The van der Waals surface area contributed by atoms with Crippen LogP contribution in [0.15, 0.2) is 71.3 Å². The summed E-state index contributed by atoms with van der Waals surface area (Å²) in [6, 6.07) is 18.0. The highest BCUT2D eigenvalue weighted by molar-refractivity contribution is 5.85. The van der Waals surface area contributed by atoms with E-state index < -0.39 is 42.0 Å². The van der Waals surface area contributed by atoms with Gasteiger partial charge in [-0.05, 0) is 55.3 Å². The molecule has 9 nitrogen and oxygen atoms in total. The molecule has 12 heteroatoms. The van der Waals surface area contributed by atoms with Gasteiger partial charge in [0.1, 0.15) is 17.6 Å².